The fourth-order valence-electron chi connectivity index (χ4n) is 2.69. The molecule has 0 amide bonds. The van der Waals surface area contributed by atoms with Crippen LogP contribution in [-0.2, 0) is 13.1 Å². The fourth-order valence-corrected chi connectivity index (χ4v) is 2.69. The van der Waals surface area contributed by atoms with Crippen molar-refractivity contribution in [2.75, 3.05) is 21.3 Å². The van der Waals surface area contributed by atoms with Crippen molar-refractivity contribution in [2.24, 2.45) is 4.99 Å². The van der Waals surface area contributed by atoms with Gasteiger partial charge in [0.05, 0.1) is 20.8 Å². The fraction of sp³-hybridized carbons (Fsp3) is 0.250. The molecule has 0 bridgehead atoms. The Morgan fingerprint density at radius 3 is 2.54 bits per heavy atom. The molecule has 0 saturated heterocycles. The Kier molecular flexibility index (Phi) is 5.63. The lowest BCUT2D eigenvalue weighted by molar-refractivity contribution is 0.390. The topological polar surface area (TPSA) is 68.0 Å². The molecule has 1 aromatic heterocycles. The molecular weight excluding hydrogens is 330 g/mol. The van der Waals surface area contributed by atoms with Gasteiger partial charge >= 0.3 is 0 Å². The van der Waals surface area contributed by atoms with Crippen molar-refractivity contribution >= 4 is 16.9 Å². The number of ether oxygens (including phenoxy) is 2. The second kappa shape index (κ2) is 8.29. The second-order valence-electron chi connectivity index (χ2n) is 5.71. The van der Waals surface area contributed by atoms with Crippen LogP contribution in [0.1, 0.15) is 11.3 Å². The predicted molar refractivity (Wildman–Crippen MR) is 103 cm³/mol. The number of furan rings is 1. The van der Waals surface area contributed by atoms with Gasteiger partial charge in [-0.2, -0.15) is 0 Å². The number of benzene rings is 2. The summed E-state index contributed by atoms with van der Waals surface area (Å²) < 4.78 is 16.5. The van der Waals surface area contributed by atoms with E-state index in [-0.39, 0.29) is 0 Å². The molecule has 0 spiro atoms. The van der Waals surface area contributed by atoms with Crippen molar-refractivity contribution in [2.45, 2.75) is 13.1 Å². The number of aliphatic imine (C=N–C) groups is 1. The van der Waals surface area contributed by atoms with Crippen LogP contribution in [0.2, 0.25) is 0 Å². The molecule has 2 N–H and O–H groups in total. The smallest absolute Gasteiger partial charge is 0.191 e. The van der Waals surface area contributed by atoms with Crippen LogP contribution in [0, 0.1) is 0 Å². The van der Waals surface area contributed by atoms with Crippen LogP contribution in [0.15, 0.2) is 57.9 Å². The van der Waals surface area contributed by atoms with E-state index in [0.717, 1.165) is 33.8 Å². The van der Waals surface area contributed by atoms with E-state index >= 15 is 0 Å². The minimum atomic E-state index is 0.550. The normalized spacial score (nSPS) is 11.4. The van der Waals surface area contributed by atoms with Gasteiger partial charge in [0.25, 0.3) is 0 Å². The largest absolute Gasteiger partial charge is 0.497 e. The third kappa shape index (κ3) is 4.08. The summed E-state index contributed by atoms with van der Waals surface area (Å²) in [6.45, 7) is 1.13. The van der Waals surface area contributed by atoms with Gasteiger partial charge in [-0.3, -0.25) is 4.99 Å². The van der Waals surface area contributed by atoms with Crippen LogP contribution in [0.4, 0.5) is 0 Å². The molecule has 1 heterocycles. The molecule has 0 aliphatic heterocycles. The second-order valence-corrected chi connectivity index (χ2v) is 5.71. The average molecular weight is 353 g/mol. The van der Waals surface area contributed by atoms with Crippen molar-refractivity contribution < 1.29 is 13.9 Å². The van der Waals surface area contributed by atoms with E-state index in [9.17, 15) is 0 Å². The number of nitrogens with one attached hydrogen (secondary N) is 2. The maximum Gasteiger partial charge on any atom is 0.191 e. The lowest BCUT2D eigenvalue weighted by Crippen LogP contribution is -2.36. The molecule has 6 heteroatoms. The first-order valence-electron chi connectivity index (χ1n) is 8.36. The molecule has 3 rings (SSSR count). The monoisotopic (exact) mass is 353 g/mol. The number of hydrogen-bond acceptors (Lipinski definition) is 4. The number of guanidine groups is 1. The quantitative estimate of drug-likeness (QED) is 0.526. The summed E-state index contributed by atoms with van der Waals surface area (Å²) in [5.41, 5.74) is 1.90. The molecule has 3 aromatic rings. The van der Waals surface area contributed by atoms with E-state index in [1.807, 2.05) is 48.5 Å². The Balaban J connectivity index is 1.60. The van der Waals surface area contributed by atoms with Crippen molar-refractivity contribution in [1.82, 2.24) is 10.6 Å². The number of para-hydroxylation sites is 1. The maximum absolute atomic E-state index is 5.81. The summed E-state index contributed by atoms with van der Waals surface area (Å²) in [6, 6.07) is 15.7. The number of rotatable bonds is 6. The zero-order chi connectivity index (χ0) is 18.4. The van der Waals surface area contributed by atoms with Crippen LogP contribution in [0.5, 0.6) is 11.5 Å². The molecule has 0 radical (unpaired) electrons. The maximum atomic E-state index is 5.81. The van der Waals surface area contributed by atoms with Crippen molar-refractivity contribution in [3.63, 3.8) is 0 Å². The Labute approximate surface area is 152 Å². The lowest BCUT2D eigenvalue weighted by Gasteiger charge is -2.14. The predicted octanol–water partition coefficient (Wildman–Crippen LogP) is 3.32. The molecule has 2 aromatic carbocycles. The molecule has 0 saturated carbocycles. The van der Waals surface area contributed by atoms with Gasteiger partial charge in [0.2, 0.25) is 0 Å². The van der Waals surface area contributed by atoms with E-state index in [0.29, 0.717) is 19.0 Å². The standard InChI is InChI=1S/C20H23N3O3/c1-21-20(22-12-15-8-9-16(24-2)11-19(15)25-3)23-13-17-10-14-6-4-5-7-18(14)26-17/h4-11H,12-13H2,1-3H3,(H2,21,22,23). The Morgan fingerprint density at radius 1 is 1.00 bits per heavy atom. The molecule has 0 unspecified atom stereocenters. The third-order valence-electron chi connectivity index (χ3n) is 4.07. The highest BCUT2D eigenvalue weighted by Gasteiger charge is 2.07. The first kappa shape index (κ1) is 17.7. The van der Waals surface area contributed by atoms with Crippen LogP contribution in [0.3, 0.4) is 0 Å². The Morgan fingerprint density at radius 2 is 1.81 bits per heavy atom. The number of nitrogens with zero attached hydrogens (tertiary/aromatic N) is 1. The van der Waals surface area contributed by atoms with Gasteiger partial charge in [-0.05, 0) is 24.3 Å². The summed E-state index contributed by atoms with van der Waals surface area (Å²) in [5.74, 6) is 3.07. The van der Waals surface area contributed by atoms with Crippen molar-refractivity contribution in [1.29, 1.82) is 0 Å². The Hall–Kier alpha value is -3.15. The van der Waals surface area contributed by atoms with E-state index in [1.54, 1.807) is 21.3 Å². The molecule has 0 aliphatic rings. The van der Waals surface area contributed by atoms with E-state index in [2.05, 4.69) is 15.6 Å². The van der Waals surface area contributed by atoms with E-state index in [4.69, 9.17) is 13.9 Å². The summed E-state index contributed by atoms with van der Waals surface area (Å²) in [4.78, 5) is 4.25. The molecule has 0 aliphatic carbocycles. The molecule has 26 heavy (non-hydrogen) atoms. The SMILES string of the molecule is CN=C(NCc1cc2ccccc2o1)NCc1ccc(OC)cc1OC. The molecule has 0 fully saturated rings. The average Bonchev–Trinajstić information content (AvgIpc) is 3.11. The Bertz CT molecular complexity index is 869. The minimum Gasteiger partial charge on any atom is -0.497 e. The summed E-state index contributed by atoms with van der Waals surface area (Å²) in [7, 11) is 5.02. The van der Waals surface area contributed by atoms with E-state index < -0.39 is 0 Å². The van der Waals surface area contributed by atoms with Gasteiger partial charge in [0.1, 0.15) is 22.8 Å². The van der Waals surface area contributed by atoms with Gasteiger partial charge in [-0.1, -0.05) is 18.2 Å². The highest BCUT2D eigenvalue weighted by atomic mass is 16.5. The minimum absolute atomic E-state index is 0.550. The summed E-state index contributed by atoms with van der Waals surface area (Å²) >= 11 is 0. The van der Waals surface area contributed by atoms with Crippen LogP contribution < -0.4 is 20.1 Å². The highest BCUT2D eigenvalue weighted by molar-refractivity contribution is 5.80. The van der Waals surface area contributed by atoms with Crippen molar-refractivity contribution in [3.8, 4) is 11.5 Å². The van der Waals surface area contributed by atoms with E-state index in [1.165, 1.54) is 0 Å². The number of fused-ring (bicyclic) bond motifs is 1. The summed E-state index contributed by atoms with van der Waals surface area (Å²) in [6.07, 6.45) is 0. The van der Waals surface area contributed by atoms with Gasteiger partial charge < -0.3 is 24.5 Å². The van der Waals surface area contributed by atoms with Crippen LogP contribution in [-0.4, -0.2) is 27.2 Å². The summed E-state index contributed by atoms with van der Waals surface area (Å²) in [5, 5.41) is 7.63. The number of hydrogen-bond donors (Lipinski definition) is 2. The first-order chi connectivity index (χ1) is 12.7. The third-order valence-corrected chi connectivity index (χ3v) is 4.07. The molecule has 0 atom stereocenters. The van der Waals surface area contributed by atoms with Gasteiger partial charge in [-0.15, -0.1) is 0 Å². The van der Waals surface area contributed by atoms with Crippen LogP contribution in [0.25, 0.3) is 11.0 Å². The first-order valence-corrected chi connectivity index (χ1v) is 8.36. The van der Waals surface area contributed by atoms with Gasteiger partial charge in [-0.25, -0.2) is 0 Å². The zero-order valence-electron chi connectivity index (χ0n) is 15.2. The molecular formula is C20H23N3O3. The van der Waals surface area contributed by atoms with Gasteiger partial charge in [0.15, 0.2) is 5.96 Å². The zero-order valence-corrected chi connectivity index (χ0v) is 15.2. The lowest BCUT2D eigenvalue weighted by atomic mass is 10.2. The van der Waals surface area contributed by atoms with Crippen LogP contribution >= 0.6 is 0 Å². The van der Waals surface area contributed by atoms with Crippen molar-refractivity contribution in [3.05, 3.63) is 59.9 Å². The molecule has 6 nitrogen and oxygen atoms in total. The van der Waals surface area contributed by atoms with Gasteiger partial charge in [0, 0.05) is 30.6 Å². The highest BCUT2D eigenvalue weighted by Crippen LogP contribution is 2.24. The molecule has 136 valence electrons. The number of methoxy groups -OCH3 is 2.